The average Bonchev–Trinajstić information content (AvgIpc) is 2.25. The maximum Gasteiger partial charge on any atom is 0.316 e. The van der Waals surface area contributed by atoms with E-state index in [4.69, 9.17) is 4.89 Å². The molecule has 0 aromatic rings. The van der Waals surface area contributed by atoms with Gasteiger partial charge in [0.2, 0.25) is 0 Å². The van der Waals surface area contributed by atoms with Crippen LogP contribution >= 0.6 is 8.25 Å². The minimum atomic E-state index is -2.69. The largest absolute Gasteiger partial charge is 0.326 e. The van der Waals surface area contributed by atoms with Gasteiger partial charge in [0.05, 0.1) is 6.61 Å². The van der Waals surface area contributed by atoms with E-state index in [1.54, 1.807) is 0 Å². The van der Waals surface area contributed by atoms with Gasteiger partial charge in [-0.25, -0.2) is 0 Å². The number of hydrogen-bond donors (Lipinski definition) is 1. The van der Waals surface area contributed by atoms with Crippen LogP contribution in [0, 0.1) is 0 Å². The Labute approximate surface area is 101 Å². The van der Waals surface area contributed by atoms with Crippen LogP contribution in [0.1, 0.15) is 71.1 Å². The first-order valence-electron chi connectivity index (χ1n) is 6.63. The molecular formula is C12H27O3P. The number of hydrogen-bond acceptors (Lipinski definition) is 2. The summed E-state index contributed by atoms with van der Waals surface area (Å²) in [5.74, 6) is 0. The van der Waals surface area contributed by atoms with Crippen molar-refractivity contribution in [3.63, 3.8) is 0 Å². The van der Waals surface area contributed by atoms with Gasteiger partial charge in [0.15, 0.2) is 0 Å². The molecule has 0 saturated heterocycles. The van der Waals surface area contributed by atoms with E-state index in [1.807, 2.05) is 0 Å². The van der Waals surface area contributed by atoms with Gasteiger partial charge in [-0.3, -0.25) is 4.57 Å². The van der Waals surface area contributed by atoms with E-state index in [9.17, 15) is 4.57 Å². The van der Waals surface area contributed by atoms with Crippen LogP contribution in [-0.2, 0) is 9.09 Å². The molecule has 0 aliphatic heterocycles. The summed E-state index contributed by atoms with van der Waals surface area (Å²) in [6, 6.07) is 0. The monoisotopic (exact) mass is 250 g/mol. The molecule has 0 aliphatic rings. The van der Waals surface area contributed by atoms with Crippen molar-refractivity contribution in [3.05, 3.63) is 0 Å². The summed E-state index contributed by atoms with van der Waals surface area (Å²) in [4.78, 5) is 8.42. The fourth-order valence-corrected chi connectivity index (χ4v) is 2.07. The predicted molar refractivity (Wildman–Crippen MR) is 69.0 cm³/mol. The quantitative estimate of drug-likeness (QED) is 0.415. The van der Waals surface area contributed by atoms with Gasteiger partial charge in [-0.2, -0.15) is 0 Å². The molecular weight excluding hydrogens is 223 g/mol. The molecule has 0 radical (unpaired) electrons. The van der Waals surface area contributed by atoms with Crippen molar-refractivity contribution in [1.82, 2.24) is 0 Å². The zero-order valence-corrected chi connectivity index (χ0v) is 11.5. The molecule has 0 aromatic carbocycles. The van der Waals surface area contributed by atoms with E-state index in [-0.39, 0.29) is 0 Å². The van der Waals surface area contributed by atoms with E-state index in [0.29, 0.717) is 6.61 Å². The van der Waals surface area contributed by atoms with Crippen molar-refractivity contribution in [1.29, 1.82) is 0 Å². The third-order valence-corrected chi connectivity index (χ3v) is 3.17. The van der Waals surface area contributed by atoms with Gasteiger partial charge in [0.25, 0.3) is 0 Å². The zero-order chi connectivity index (χ0) is 12.1. The molecule has 0 saturated carbocycles. The summed E-state index contributed by atoms with van der Waals surface area (Å²) >= 11 is 0. The predicted octanol–water partition coefficient (Wildman–Crippen LogP) is 4.31. The Morgan fingerprint density at radius 2 is 1.31 bits per heavy atom. The summed E-state index contributed by atoms with van der Waals surface area (Å²) in [5.41, 5.74) is 0. The van der Waals surface area contributed by atoms with Gasteiger partial charge in [0.1, 0.15) is 0 Å². The van der Waals surface area contributed by atoms with Crippen LogP contribution in [0.5, 0.6) is 0 Å². The first-order chi connectivity index (χ1) is 7.77. The van der Waals surface area contributed by atoms with Crippen LogP contribution in [0.4, 0.5) is 0 Å². The maximum atomic E-state index is 10.2. The lowest BCUT2D eigenvalue weighted by Gasteiger charge is -2.02. The molecule has 98 valence electrons. The van der Waals surface area contributed by atoms with Crippen molar-refractivity contribution in [2.24, 2.45) is 0 Å². The van der Waals surface area contributed by atoms with E-state index in [0.717, 1.165) is 12.8 Å². The van der Waals surface area contributed by atoms with E-state index < -0.39 is 8.25 Å². The van der Waals surface area contributed by atoms with Gasteiger partial charge >= 0.3 is 8.25 Å². The second-order valence-corrected chi connectivity index (χ2v) is 5.12. The van der Waals surface area contributed by atoms with E-state index >= 15 is 0 Å². The summed E-state index contributed by atoms with van der Waals surface area (Å²) in [6.07, 6.45) is 12.7. The molecule has 0 fully saturated rings. The first-order valence-corrected chi connectivity index (χ1v) is 7.89. The second kappa shape index (κ2) is 13.2. The lowest BCUT2D eigenvalue weighted by atomic mass is 10.1. The fourth-order valence-electron chi connectivity index (χ4n) is 1.75. The highest BCUT2D eigenvalue weighted by atomic mass is 31.1. The van der Waals surface area contributed by atoms with Crippen molar-refractivity contribution >= 4 is 8.25 Å². The molecule has 0 amide bonds. The molecule has 0 aromatic heterocycles. The van der Waals surface area contributed by atoms with Gasteiger partial charge < -0.3 is 9.42 Å². The summed E-state index contributed by atoms with van der Waals surface area (Å²) < 4.78 is 14.8. The van der Waals surface area contributed by atoms with Crippen LogP contribution in [0.15, 0.2) is 0 Å². The number of rotatable bonds is 12. The zero-order valence-electron chi connectivity index (χ0n) is 10.5. The Bertz CT molecular complexity index is 162. The Morgan fingerprint density at radius 3 is 1.75 bits per heavy atom. The lowest BCUT2D eigenvalue weighted by Crippen LogP contribution is -1.87. The van der Waals surface area contributed by atoms with Crippen molar-refractivity contribution in [2.75, 3.05) is 6.61 Å². The normalized spacial score (nSPS) is 12.9. The topological polar surface area (TPSA) is 46.5 Å². The molecule has 16 heavy (non-hydrogen) atoms. The summed E-state index contributed by atoms with van der Waals surface area (Å²) in [7, 11) is -2.69. The Hall–Kier alpha value is 0.150. The SMILES string of the molecule is CCCCCCCCCCCCO[PH](=O)O. The van der Waals surface area contributed by atoms with Crippen molar-refractivity contribution in [3.8, 4) is 0 Å². The van der Waals surface area contributed by atoms with Crippen LogP contribution in [0.2, 0.25) is 0 Å². The lowest BCUT2D eigenvalue weighted by molar-refractivity contribution is 0.273. The Morgan fingerprint density at radius 1 is 0.875 bits per heavy atom. The number of unbranched alkanes of at least 4 members (excludes halogenated alkanes) is 9. The van der Waals surface area contributed by atoms with Crippen LogP contribution in [0.25, 0.3) is 0 Å². The van der Waals surface area contributed by atoms with Crippen LogP contribution in [-0.4, -0.2) is 11.5 Å². The highest BCUT2D eigenvalue weighted by molar-refractivity contribution is 7.32. The standard InChI is InChI=1S/C12H27O3P/c1-2-3-4-5-6-7-8-9-10-11-12-15-16(13)14/h16H,2-12H2,1H3,(H,13,14). The third-order valence-electron chi connectivity index (χ3n) is 2.72. The molecule has 0 spiro atoms. The van der Waals surface area contributed by atoms with Gasteiger partial charge in [-0.05, 0) is 6.42 Å². The third kappa shape index (κ3) is 14.1. The van der Waals surface area contributed by atoms with E-state index in [1.165, 1.54) is 51.4 Å². The van der Waals surface area contributed by atoms with Crippen molar-refractivity contribution in [2.45, 2.75) is 71.1 Å². The van der Waals surface area contributed by atoms with Gasteiger partial charge in [0, 0.05) is 0 Å². The van der Waals surface area contributed by atoms with Crippen molar-refractivity contribution < 1.29 is 14.0 Å². The molecule has 3 nitrogen and oxygen atoms in total. The van der Waals surface area contributed by atoms with Crippen LogP contribution < -0.4 is 0 Å². The van der Waals surface area contributed by atoms with Gasteiger partial charge in [-0.15, -0.1) is 0 Å². The van der Waals surface area contributed by atoms with Gasteiger partial charge in [-0.1, -0.05) is 64.7 Å². The second-order valence-electron chi connectivity index (χ2n) is 4.30. The minimum absolute atomic E-state index is 0.435. The molecule has 1 unspecified atom stereocenters. The molecule has 4 heteroatoms. The molecule has 0 bridgehead atoms. The molecule has 0 heterocycles. The summed E-state index contributed by atoms with van der Waals surface area (Å²) in [5, 5.41) is 0. The van der Waals surface area contributed by atoms with E-state index in [2.05, 4.69) is 11.4 Å². The summed E-state index contributed by atoms with van der Waals surface area (Å²) in [6.45, 7) is 2.67. The first kappa shape index (κ1) is 16.1. The Balaban J connectivity index is 2.90. The average molecular weight is 250 g/mol. The minimum Gasteiger partial charge on any atom is -0.326 e. The Kier molecular flexibility index (Phi) is 13.3. The highest BCUT2D eigenvalue weighted by Gasteiger charge is 1.94. The molecule has 1 N–H and O–H groups in total. The molecule has 1 atom stereocenters. The van der Waals surface area contributed by atoms with Crippen LogP contribution in [0.3, 0.4) is 0 Å². The highest BCUT2D eigenvalue weighted by Crippen LogP contribution is 2.16. The smallest absolute Gasteiger partial charge is 0.316 e. The maximum absolute atomic E-state index is 10.2. The fraction of sp³-hybridized carbons (Fsp3) is 1.00. The molecule has 0 aliphatic carbocycles. The molecule has 0 rings (SSSR count).